The minimum absolute atomic E-state index is 0.0493. The first kappa shape index (κ1) is 13.9. The third-order valence-corrected chi connectivity index (χ3v) is 5.97. The highest BCUT2D eigenvalue weighted by atomic mass is 79.9. The number of aromatic nitrogens is 1. The average Bonchev–Trinajstić information content (AvgIpc) is 3.13. The highest BCUT2D eigenvalue weighted by Crippen LogP contribution is 2.65. The van der Waals surface area contributed by atoms with Crippen molar-refractivity contribution >= 4 is 38.4 Å². The summed E-state index contributed by atoms with van der Waals surface area (Å²) in [7, 11) is 0. The molecule has 2 aliphatic carbocycles. The molecular formula is C16H16BrN3O2. The number of rotatable bonds is 2. The first-order chi connectivity index (χ1) is 10.5. The van der Waals surface area contributed by atoms with Gasteiger partial charge >= 0.3 is 0 Å². The van der Waals surface area contributed by atoms with Gasteiger partial charge < -0.3 is 10.1 Å². The number of amides is 1. The van der Waals surface area contributed by atoms with E-state index in [4.69, 9.17) is 0 Å². The molecule has 0 aliphatic heterocycles. The first-order valence-electron chi connectivity index (χ1n) is 7.46. The molecule has 1 aromatic heterocycles. The van der Waals surface area contributed by atoms with Crippen LogP contribution < -0.4 is 0 Å². The number of nitrogens with zero attached hydrogens (tertiary/aromatic N) is 2. The summed E-state index contributed by atoms with van der Waals surface area (Å²) in [4.78, 5) is 15.0. The van der Waals surface area contributed by atoms with Crippen LogP contribution in [-0.4, -0.2) is 16.0 Å². The molecule has 2 aliphatic rings. The second kappa shape index (κ2) is 4.65. The lowest BCUT2D eigenvalue weighted by Crippen LogP contribution is -2.17. The fraction of sp³-hybridized carbons (Fsp3) is 0.438. The summed E-state index contributed by atoms with van der Waals surface area (Å²) < 4.78 is 0.950. The van der Waals surface area contributed by atoms with Crippen molar-refractivity contribution in [2.24, 2.45) is 21.6 Å². The fourth-order valence-electron chi connectivity index (χ4n) is 3.45. The molecule has 2 saturated carbocycles. The van der Waals surface area contributed by atoms with Crippen molar-refractivity contribution in [1.29, 1.82) is 0 Å². The normalized spacial score (nSPS) is 22.4. The molecule has 0 radical (unpaired) electrons. The Balaban J connectivity index is 1.63. The Hall–Kier alpha value is -1.69. The number of aromatic hydroxyl groups is 1. The summed E-state index contributed by atoms with van der Waals surface area (Å²) >= 11 is 3.46. The van der Waals surface area contributed by atoms with Crippen LogP contribution in [0.1, 0.15) is 31.2 Å². The molecule has 2 N–H and O–H groups in total. The van der Waals surface area contributed by atoms with Crippen LogP contribution in [-0.2, 0) is 4.79 Å². The minimum atomic E-state index is -0.151. The van der Waals surface area contributed by atoms with Crippen molar-refractivity contribution in [2.75, 3.05) is 0 Å². The van der Waals surface area contributed by atoms with E-state index in [1.807, 2.05) is 19.1 Å². The van der Waals surface area contributed by atoms with Gasteiger partial charge in [-0.25, -0.2) is 0 Å². The number of aryl methyl sites for hydroxylation is 1. The van der Waals surface area contributed by atoms with Crippen LogP contribution in [0.2, 0.25) is 0 Å². The highest BCUT2D eigenvalue weighted by molar-refractivity contribution is 9.10. The van der Waals surface area contributed by atoms with Gasteiger partial charge in [-0.3, -0.25) is 4.79 Å². The molecule has 0 saturated heterocycles. The van der Waals surface area contributed by atoms with Crippen molar-refractivity contribution < 1.29 is 9.90 Å². The summed E-state index contributed by atoms with van der Waals surface area (Å²) in [5.41, 5.74) is 2.38. The Labute approximate surface area is 136 Å². The largest absolute Gasteiger partial charge is 0.493 e. The lowest BCUT2D eigenvalue weighted by molar-refractivity contribution is -0.120. The van der Waals surface area contributed by atoms with Crippen LogP contribution in [0.5, 0.6) is 5.88 Å². The molecule has 5 nitrogen and oxygen atoms in total. The molecule has 1 aromatic carbocycles. The standard InChI is InChI=1S/C16H16BrN3O2/c1-8-5-9-12(6-11(8)17)18-15(22)13(9)19-20-14(21)10-7-16(10)3-2-4-16/h5-6,10,18,22H,2-4,7H2,1H3/t10-/m1/s1. The lowest BCUT2D eigenvalue weighted by Gasteiger charge is -2.25. The van der Waals surface area contributed by atoms with Gasteiger partial charge in [0.25, 0.3) is 5.91 Å². The monoisotopic (exact) mass is 361 g/mol. The van der Waals surface area contributed by atoms with Crippen molar-refractivity contribution in [1.82, 2.24) is 4.98 Å². The summed E-state index contributed by atoms with van der Waals surface area (Å²) in [5, 5.41) is 18.7. The Morgan fingerprint density at radius 3 is 2.86 bits per heavy atom. The molecule has 1 amide bonds. The third-order valence-electron chi connectivity index (χ3n) is 5.12. The number of aromatic amines is 1. The Bertz CT molecular complexity index is 820. The van der Waals surface area contributed by atoms with Crippen molar-refractivity contribution in [3.05, 3.63) is 22.2 Å². The molecule has 1 atom stereocenters. The number of azo groups is 1. The van der Waals surface area contributed by atoms with E-state index in [0.717, 1.165) is 40.2 Å². The predicted molar refractivity (Wildman–Crippen MR) is 86.3 cm³/mol. The SMILES string of the molecule is Cc1cc2c(N=NC(=O)[C@H]3CC34CCC4)c(O)[nH]c2cc1Br. The molecule has 114 valence electrons. The first-order valence-corrected chi connectivity index (χ1v) is 8.26. The molecule has 0 unspecified atom stereocenters. The summed E-state index contributed by atoms with van der Waals surface area (Å²) in [6.45, 7) is 1.96. The molecule has 22 heavy (non-hydrogen) atoms. The fourth-order valence-corrected chi connectivity index (χ4v) is 3.79. The van der Waals surface area contributed by atoms with Gasteiger partial charge in [0.2, 0.25) is 5.88 Å². The topological polar surface area (TPSA) is 77.8 Å². The Kier molecular flexibility index (Phi) is 2.95. The van der Waals surface area contributed by atoms with Crippen LogP contribution >= 0.6 is 15.9 Å². The van der Waals surface area contributed by atoms with Gasteiger partial charge in [-0.1, -0.05) is 22.4 Å². The van der Waals surface area contributed by atoms with Crippen LogP contribution in [0.25, 0.3) is 10.9 Å². The number of fused-ring (bicyclic) bond motifs is 1. The van der Waals surface area contributed by atoms with Crippen LogP contribution in [0, 0.1) is 18.3 Å². The minimum Gasteiger partial charge on any atom is -0.493 e. The predicted octanol–water partition coefficient (Wildman–Crippen LogP) is 4.74. The molecule has 2 aromatic rings. The maximum atomic E-state index is 12.1. The Morgan fingerprint density at radius 1 is 1.45 bits per heavy atom. The van der Waals surface area contributed by atoms with E-state index in [0.29, 0.717) is 5.69 Å². The molecular weight excluding hydrogens is 346 g/mol. The average molecular weight is 362 g/mol. The number of nitrogens with one attached hydrogen (secondary N) is 1. The molecule has 6 heteroatoms. The highest BCUT2D eigenvalue weighted by Gasteiger charge is 2.61. The van der Waals surface area contributed by atoms with Crippen LogP contribution in [0.4, 0.5) is 5.69 Å². The summed E-state index contributed by atoms with van der Waals surface area (Å²) in [5.74, 6) is -0.159. The van der Waals surface area contributed by atoms with E-state index < -0.39 is 0 Å². The zero-order valence-electron chi connectivity index (χ0n) is 12.2. The maximum Gasteiger partial charge on any atom is 0.268 e. The van der Waals surface area contributed by atoms with E-state index in [9.17, 15) is 9.90 Å². The number of H-pyrrole nitrogens is 1. The number of carbonyl (C=O) groups is 1. The number of halogens is 1. The van der Waals surface area contributed by atoms with Crippen molar-refractivity contribution in [3.63, 3.8) is 0 Å². The van der Waals surface area contributed by atoms with Gasteiger partial charge in [0.05, 0.1) is 5.52 Å². The van der Waals surface area contributed by atoms with Gasteiger partial charge in [0.15, 0.2) is 5.69 Å². The molecule has 0 bridgehead atoms. The number of hydrogen-bond acceptors (Lipinski definition) is 3. The number of benzene rings is 1. The summed E-state index contributed by atoms with van der Waals surface area (Å²) in [6, 6.07) is 3.80. The second-order valence-corrected chi connectivity index (χ2v) is 7.33. The molecule has 1 spiro atoms. The van der Waals surface area contributed by atoms with E-state index in [2.05, 4.69) is 31.1 Å². The van der Waals surface area contributed by atoms with Crippen LogP contribution in [0.3, 0.4) is 0 Å². The van der Waals surface area contributed by atoms with E-state index in [1.165, 1.54) is 6.42 Å². The molecule has 1 heterocycles. The van der Waals surface area contributed by atoms with Gasteiger partial charge in [0, 0.05) is 15.8 Å². The maximum absolute atomic E-state index is 12.1. The third kappa shape index (κ3) is 2.00. The quantitative estimate of drug-likeness (QED) is 0.757. The van der Waals surface area contributed by atoms with Gasteiger partial charge in [-0.15, -0.1) is 10.2 Å². The van der Waals surface area contributed by atoms with Crippen molar-refractivity contribution in [2.45, 2.75) is 32.6 Å². The molecule has 2 fully saturated rings. The molecule has 4 rings (SSSR count). The van der Waals surface area contributed by atoms with E-state index in [1.54, 1.807) is 0 Å². The number of hydrogen-bond donors (Lipinski definition) is 2. The lowest BCUT2D eigenvalue weighted by atomic mass is 9.80. The van der Waals surface area contributed by atoms with Gasteiger partial charge in [-0.2, -0.15) is 0 Å². The second-order valence-electron chi connectivity index (χ2n) is 6.48. The van der Waals surface area contributed by atoms with Gasteiger partial charge in [-0.05, 0) is 49.3 Å². The number of carbonyl (C=O) groups excluding carboxylic acids is 1. The zero-order valence-corrected chi connectivity index (χ0v) is 13.8. The zero-order chi connectivity index (χ0) is 15.5. The van der Waals surface area contributed by atoms with Gasteiger partial charge in [0.1, 0.15) is 0 Å². The smallest absolute Gasteiger partial charge is 0.268 e. The van der Waals surface area contributed by atoms with E-state index in [-0.39, 0.29) is 23.1 Å². The van der Waals surface area contributed by atoms with Crippen molar-refractivity contribution in [3.8, 4) is 5.88 Å². The Morgan fingerprint density at radius 2 is 2.23 bits per heavy atom. The van der Waals surface area contributed by atoms with Crippen LogP contribution in [0.15, 0.2) is 26.8 Å². The van der Waals surface area contributed by atoms with E-state index >= 15 is 0 Å². The summed E-state index contributed by atoms with van der Waals surface area (Å²) in [6.07, 6.45) is 4.46.